The number of halogens is 2. The summed E-state index contributed by atoms with van der Waals surface area (Å²) in [5.41, 5.74) is 5.23. The minimum absolute atomic E-state index is 0. The van der Waals surface area contributed by atoms with E-state index < -0.39 is 0 Å². The highest BCUT2D eigenvalue weighted by Gasteiger charge is 2.34. The average molecular weight is 437 g/mol. The minimum Gasteiger partial charge on any atom is -0.488 e. The van der Waals surface area contributed by atoms with Crippen molar-refractivity contribution in [2.75, 3.05) is 26.2 Å². The van der Waals surface area contributed by atoms with Crippen LogP contribution in [-0.4, -0.2) is 31.1 Å². The zero-order chi connectivity index (χ0) is 18.6. The van der Waals surface area contributed by atoms with Gasteiger partial charge in [-0.2, -0.15) is 0 Å². The zero-order valence-electron chi connectivity index (χ0n) is 17.5. The Hall–Kier alpha value is -1.26. The number of rotatable bonds is 6. The SMILES string of the molecule is Cc1cc([C@@H](C2CCC2)N2CCNCC2)cc(C)c1OCc1ccccc1.Cl.Cl. The number of nitrogens with one attached hydrogen (secondary N) is 1. The molecule has 3 nitrogen and oxygen atoms in total. The highest BCUT2D eigenvalue weighted by atomic mass is 35.5. The third-order valence-corrected chi connectivity index (χ3v) is 6.19. The van der Waals surface area contributed by atoms with Gasteiger partial charge in [0.1, 0.15) is 12.4 Å². The predicted octanol–water partition coefficient (Wildman–Crippen LogP) is 5.47. The van der Waals surface area contributed by atoms with Crippen LogP contribution in [-0.2, 0) is 6.61 Å². The minimum atomic E-state index is 0. The van der Waals surface area contributed by atoms with Gasteiger partial charge in [0.05, 0.1) is 0 Å². The maximum atomic E-state index is 6.21. The topological polar surface area (TPSA) is 24.5 Å². The van der Waals surface area contributed by atoms with E-state index in [0.29, 0.717) is 12.6 Å². The van der Waals surface area contributed by atoms with Crippen LogP contribution < -0.4 is 10.1 Å². The summed E-state index contributed by atoms with van der Waals surface area (Å²) in [6.07, 6.45) is 4.14. The summed E-state index contributed by atoms with van der Waals surface area (Å²) >= 11 is 0. The zero-order valence-corrected chi connectivity index (χ0v) is 19.2. The molecule has 4 rings (SSSR count). The first-order valence-corrected chi connectivity index (χ1v) is 10.4. The predicted molar refractivity (Wildman–Crippen MR) is 126 cm³/mol. The summed E-state index contributed by atoms with van der Waals surface area (Å²) in [6.45, 7) is 9.57. The first-order chi connectivity index (χ1) is 13.2. The second kappa shape index (κ2) is 11.2. The lowest BCUT2D eigenvalue weighted by Crippen LogP contribution is -2.47. The van der Waals surface area contributed by atoms with Gasteiger partial charge in [-0.3, -0.25) is 4.90 Å². The number of aryl methyl sites for hydroxylation is 2. The molecule has 1 heterocycles. The van der Waals surface area contributed by atoms with Crippen molar-refractivity contribution in [1.82, 2.24) is 10.2 Å². The Balaban J connectivity index is 0.00000150. The van der Waals surface area contributed by atoms with Gasteiger partial charge in [0, 0.05) is 32.2 Å². The number of ether oxygens (including phenoxy) is 1. The molecule has 1 atom stereocenters. The third kappa shape index (κ3) is 5.67. The van der Waals surface area contributed by atoms with Crippen molar-refractivity contribution in [1.29, 1.82) is 0 Å². The lowest BCUT2D eigenvalue weighted by Gasteiger charge is -2.43. The largest absolute Gasteiger partial charge is 0.488 e. The molecule has 2 aromatic carbocycles. The number of hydrogen-bond donors (Lipinski definition) is 1. The maximum absolute atomic E-state index is 6.21. The molecule has 1 saturated heterocycles. The van der Waals surface area contributed by atoms with Gasteiger partial charge in [0.15, 0.2) is 0 Å². The van der Waals surface area contributed by atoms with Gasteiger partial charge in [-0.15, -0.1) is 24.8 Å². The van der Waals surface area contributed by atoms with Crippen LogP contribution in [0.3, 0.4) is 0 Å². The third-order valence-electron chi connectivity index (χ3n) is 6.19. The lowest BCUT2D eigenvalue weighted by molar-refractivity contribution is 0.0836. The molecule has 5 heteroatoms. The Bertz CT molecular complexity index is 736. The van der Waals surface area contributed by atoms with Crippen molar-refractivity contribution in [2.45, 2.75) is 45.8 Å². The maximum Gasteiger partial charge on any atom is 0.125 e. The number of nitrogens with zero attached hydrogens (tertiary/aromatic N) is 1. The summed E-state index contributed by atoms with van der Waals surface area (Å²) in [5, 5.41) is 3.50. The Kier molecular flexibility index (Phi) is 9.29. The van der Waals surface area contributed by atoms with Crippen LogP contribution in [0.2, 0.25) is 0 Å². The van der Waals surface area contributed by atoms with Crippen molar-refractivity contribution < 1.29 is 4.74 Å². The van der Waals surface area contributed by atoms with Gasteiger partial charge in [-0.05, 0) is 54.9 Å². The summed E-state index contributed by atoms with van der Waals surface area (Å²) in [4.78, 5) is 2.71. The molecule has 2 fully saturated rings. The molecular weight excluding hydrogens is 403 g/mol. The first kappa shape index (κ1) is 24.0. The van der Waals surface area contributed by atoms with Crippen molar-refractivity contribution in [3.05, 3.63) is 64.7 Å². The first-order valence-electron chi connectivity index (χ1n) is 10.4. The molecule has 0 unspecified atom stereocenters. The molecule has 1 N–H and O–H groups in total. The van der Waals surface area contributed by atoms with Crippen molar-refractivity contribution in [3.63, 3.8) is 0 Å². The monoisotopic (exact) mass is 436 g/mol. The molecule has 0 spiro atoms. The lowest BCUT2D eigenvalue weighted by atomic mass is 9.75. The van der Waals surface area contributed by atoms with Gasteiger partial charge in [-0.25, -0.2) is 0 Å². The Morgan fingerprint density at radius 2 is 1.62 bits per heavy atom. The van der Waals surface area contributed by atoms with Crippen molar-refractivity contribution in [2.24, 2.45) is 5.92 Å². The fourth-order valence-corrected chi connectivity index (χ4v) is 4.61. The number of hydrogen-bond acceptors (Lipinski definition) is 3. The molecule has 2 aromatic rings. The highest BCUT2D eigenvalue weighted by molar-refractivity contribution is 5.85. The smallest absolute Gasteiger partial charge is 0.125 e. The van der Waals surface area contributed by atoms with Gasteiger partial charge < -0.3 is 10.1 Å². The van der Waals surface area contributed by atoms with E-state index in [1.807, 2.05) is 6.07 Å². The molecule has 1 aliphatic heterocycles. The summed E-state index contributed by atoms with van der Waals surface area (Å²) in [6, 6.07) is 15.8. The van der Waals surface area contributed by atoms with Gasteiger partial charge in [0.25, 0.3) is 0 Å². The van der Waals surface area contributed by atoms with Crippen LogP contribution in [0.4, 0.5) is 0 Å². The molecule has 0 bridgehead atoms. The molecule has 0 aromatic heterocycles. The van der Waals surface area contributed by atoms with E-state index in [1.165, 1.54) is 41.5 Å². The standard InChI is InChI=1S/C24H32N2O.2ClH/c1-18-15-22(23(21-9-6-10-21)26-13-11-25-12-14-26)16-19(2)24(18)27-17-20-7-4-3-5-8-20;;/h3-5,7-8,15-16,21,23,25H,6,9-14,17H2,1-2H3;2*1H/t23-;;/m1../s1. The summed E-state index contributed by atoms with van der Waals surface area (Å²) < 4.78 is 6.21. The second-order valence-corrected chi connectivity index (χ2v) is 8.18. The molecule has 0 amide bonds. The molecule has 160 valence electrons. The Labute approximate surface area is 188 Å². The van der Waals surface area contributed by atoms with Crippen LogP contribution in [0.15, 0.2) is 42.5 Å². The van der Waals surface area contributed by atoms with Crippen LogP contribution in [0.1, 0.15) is 47.6 Å². The van der Waals surface area contributed by atoms with E-state index in [9.17, 15) is 0 Å². The van der Waals surface area contributed by atoms with E-state index >= 15 is 0 Å². The molecule has 0 radical (unpaired) electrons. The van der Waals surface area contributed by atoms with E-state index in [0.717, 1.165) is 37.8 Å². The molecule has 1 aliphatic carbocycles. The van der Waals surface area contributed by atoms with Crippen LogP contribution in [0.25, 0.3) is 0 Å². The van der Waals surface area contributed by atoms with E-state index in [1.54, 1.807) is 0 Å². The fourth-order valence-electron chi connectivity index (χ4n) is 4.61. The number of benzene rings is 2. The molecule has 1 saturated carbocycles. The van der Waals surface area contributed by atoms with Crippen LogP contribution in [0, 0.1) is 19.8 Å². The number of piperazine rings is 1. The second-order valence-electron chi connectivity index (χ2n) is 8.18. The van der Waals surface area contributed by atoms with Crippen molar-refractivity contribution in [3.8, 4) is 5.75 Å². The Morgan fingerprint density at radius 3 is 2.17 bits per heavy atom. The van der Waals surface area contributed by atoms with Crippen LogP contribution in [0.5, 0.6) is 5.75 Å². The normalized spacial score (nSPS) is 18.1. The van der Waals surface area contributed by atoms with Crippen molar-refractivity contribution >= 4 is 24.8 Å². The van der Waals surface area contributed by atoms with E-state index in [4.69, 9.17) is 4.74 Å². The van der Waals surface area contributed by atoms with Gasteiger partial charge in [-0.1, -0.05) is 48.9 Å². The summed E-state index contributed by atoms with van der Waals surface area (Å²) in [7, 11) is 0. The molecule has 2 aliphatic rings. The highest BCUT2D eigenvalue weighted by Crippen LogP contribution is 2.43. The van der Waals surface area contributed by atoms with E-state index in [-0.39, 0.29) is 24.8 Å². The quantitative estimate of drug-likeness (QED) is 0.649. The van der Waals surface area contributed by atoms with Crippen LogP contribution >= 0.6 is 24.8 Å². The fraction of sp³-hybridized carbons (Fsp3) is 0.500. The Morgan fingerprint density at radius 1 is 1.00 bits per heavy atom. The van der Waals surface area contributed by atoms with Gasteiger partial charge >= 0.3 is 0 Å². The molecular formula is C24H34Cl2N2O. The van der Waals surface area contributed by atoms with Gasteiger partial charge in [0.2, 0.25) is 0 Å². The summed E-state index contributed by atoms with van der Waals surface area (Å²) in [5.74, 6) is 1.87. The van der Waals surface area contributed by atoms with E-state index in [2.05, 4.69) is 60.5 Å². The molecule has 29 heavy (non-hydrogen) atoms. The average Bonchev–Trinajstić information content (AvgIpc) is 2.65.